The van der Waals surface area contributed by atoms with Gasteiger partial charge in [-0.3, -0.25) is 4.79 Å². The molecule has 2 atom stereocenters. The molecule has 0 radical (unpaired) electrons. The van der Waals surface area contributed by atoms with Gasteiger partial charge < -0.3 is 25.3 Å². The lowest BCUT2D eigenvalue weighted by Crippen LogP contribution is -2.23. The second-order valence-electron chi connectivity index (χ2n) is 6.09. The van der Waals surface area contributed by atoms with Crippen molar-refractivity contribution in [2.75, 3.05) is 5.32 Å². The molecule has 4 N–H and O–H groups in total. The van der Waals surface area contributed by atoms with Crippen molar-refractivity contribution in [3.8, 4) is 5.75 Å². The number of aliphatic hydroxyl groups excluding tert-OH is 1. The van der Waals surface area contributed by atoms with E-state index in [1.807, 2.05) is 30.3 Å². The number of nitrogens with two attached hydrogens (primary N) is 1. The Balaban J connectivity index is 1.57. The van der Waals surface area contributed by atoms with Gasteiger partial charge in [0, 0.05) is 5.69 Å². The first kappa shape index (κ1) is 18.6. The minimum absolute atomic E-state index is 0.0884. The monoisotopic (exact) mass is 367 g/mol. The molecule has 27 heavy (non-hydrogen) atoms. The number of hydrogen-bond acceptors (Lipinski definition) is 6. The molecular formula is C20H21N3O4. The van der Waals surface area contributed by atoms with Crippen LogP contribution in [0.4, 0.5) is 5.69 Å². The molecule has 0 aliphatic heterocycles. The quantitative estimate of drug-likeness (QED) is 0.592. The molecule has 3 rings (SSSR count). The van der Waals surface area contributed by atoms with Crippen LogP contribution in [-0.4, -0.2) is 22.1 Å². The van der Waals surface area contributed by atoms with Gasteiger partial charge in [0.1, 0.15) is 24.7 Å². The molecule has 140 valence electrons. The summed E-state index contributed by atoms with van der Waals surface area (Å²) < 4.78 is 10.9. The maximum atomic E-state index is 12.2. The van der Waals surface area contributed by atoms with E-state index in [1.165, 1.54) is 13.2 Å². The Morgan fingerprint density at radius 3 is 2.59 bits per heavy atom. The molecule has 0 fully saturated rings. The molecule has 2 unspecified atom stereocenters. The van der Waals surface area contributed by atoms with Crippen LogP contribution in [0.2, 0.25) is 0 Å². The van der Waals surface area contributed by atoms with Crippen molar-refractivity contribution >= 4 is 11.6 Å². The minimum atomic E-state index is -0.831. The predicted molar refractivity (Wildman–Crippen MR) is 100 cm³/mol. The summed E-state index contributed by atoms with van der Waals surface area (Å²) in [6, 6.07) is 16.1. The zero-order chi connectivity index (χ0) is 19.2. The summed E-state index contributed by atoms with van der Waals surface area (Å²) in [5.41, 5.74) is 7.50. The van der Waals surface area contributed by atoms with E-state index in [-0.39, 0.29) is 11.6 Å². The number of nitrogens with one attached hydrogen (secondary N) is 1. The first-order valence-corrected chi connectivity index (χ1v) is 8.50. The zero-order valence-corrected chi connectivity index (χ0v) is 14.8. The number of rotatable bonds is 7. The fourth-order valence-electron chi connectivity index (χ4n) is 2.32. The van der Waals surface area contributed by atoms with Crippen molar-refractivity contribution in [2.24, 2.45) is 5.73 Å². The van der Waals surface area contributed by atoms with Gasteiger partial charge in [0.05, 0.1) is 6.10 Å². The van der Waals surface area contributed by atoms with Gasteiger partial charge in [-0.2, -0.15) is 0 Å². The van der Waals surface area contributed by atoms with Gasteiger partial charge in [0.25, 0.3) is 5.91 Å². The maximum absolute atomic E-state index is 12.2. The van der Waals surface area contributed by atoms with Crippen molar-refractivity contribution in [1.29, 1.82) is 0 Å². The number of anilines is 1. The van der Waals surface area contributed by atoms with Crippen molar-refractivity contribution in [3.63, 3.8) is 0 Å². The summed E-state index contributed by atoms with van der Waals surface area (Å²) in [7, 11) is 0. The number of oxazole rings is 1. The smallest absolute Gasteiger partial charge is 0.277 e. The van der Waals surface area contributed by atoms with E-state index in [2.05, 4.69) is 10.3 Å². The fourth-order valence-corrected chi connectivity index (χ4v) is 2.32. The standard InChI is InChI=1S/C20H21N3O4/c1-13(24)18(21)20-23-17(12-27-20)19(25)22-15-7-9-16(10-8-15)26-11-14-5-3-2-4-6-14/h2-10,12-13,18,24H,11,21H2,1H3,(H,22,25). The number of hydrogen-bond donors (Lipinski definition) is 3. The van der Waals surface area contributed by atoms with Crippen LogP contribution < -0.4 is 15.8 Å². The van der Waals surface area contributed by atoms with E-state index in [0.29, 0.717) is 18.0 Å². The number of nitrogens with zero attached hydrogens (tertiary/aromatic N) is 1. The van der Waals surface area contributed by atoms with Crippen LogP contribution in [0.1, 0.15) is 34.9 Å². The Labute approximate surface area is 156 Å². The average Bonchev–Trinajstić information content (AvgIpc) is 3.18. The molecule has 1 amide bonds. The maximum Gasteiger partial charge on any atom is 0.277 e. The predicted octanol–water partition coefficient (Wildman–Crippen LogP) is 2.89. The van der Waals surface area contributed by atoms with E-state index >= 15 is 0 Å². The molecule has 3 aromatic rings. The molecule has 2 aromatic carbocycles. The summed E-state index contributed by atoms with van der Waals surface area (Å²) in [5.74, 6) is 0.379. The third-order valence-electron chi connectivity index (χ3n) is 3.92. The topological polar surface area (TPSA) is 111 Å². The molecule has 1 heterocycles. The lowest BCUT2D eigenvalue weighted by Gasteiger charge is -2.09. The molecule has 0 saturated carbocycles. The van der Waals surface area contributed by atoms with Crippen LogP contribution in [0, 0.1) is 0 Å². The van der Waals surface area contributed by atoms with Crippen molar-refractivity contribution in [2.45, 2.75) is 25.7 Å². The SMILES string of the molecule is CC(O)C(N)c1nc(C(=O)Nc2ccc(OCc3ccccc3)cc2)co1. The molecular weight excluding hydrogens is 346 g/mol. The van der Waals surface area contributed by atoms with Crippen LogP contribution in [0.15, 0.2) is 65.3 Å². The normalized spacial score (nSPS) is 13.0. The molecule has 1 aromatic heterocycles. The highest BCUT2D eigenvalue weighted by Gasteiger charge is 2.20. The van der Waals surface area contributed by atoms with Crippen molar-refractivity contribution in [3.05, 3.63) is 78.0 Å². The van der Waals surface area contributed by atoms with E-state index in [9.17, 15) is 9.90 Å². The lowest BCUT2D eigenvalue weighted by molar-refractivity contribution is 0.102. The average molecular weight is 367 g/mol. The van der Waals surface area contributed by atoms with Crippen LogP contribution in [0.25, 0.3) is 0 Å². The first-order valence-electron chi connectivity index (χ1n) is 8.50. The van der Waals surface area contributed by atoms with E-state index < -0.39 is 18.1 Å². The molecule has 0 bridgehead atoms. The summed E-state index contributed by atoms with van der Waals surface area (Å²) in [5, 5.41) is 12.2. The number of ether oxygens (including phenoxy) is 1. The number of carbonyl (C=O) groups excluding carboxylic acids is 1. The second kappa shape index (κ2) is 8.48. The van der Waals surface area contributed by atoms with Crippen LogP contribution in [0.3, 0.4) is 0 Å². The van der Waals surface area contributed by atoms with Gasteiger partial charge in [-0.25, -0.2) is 4.98 Å². The van der Waals surface area contributed by atoms with Gasteiger partial charge in [-0.05, 0) is 36.8 Å². The van der Waals surface area contributed by atoms with Crippen molar-refractivity contribution < 1.29 is 19.1 Å². The third kappa shape index (κ3) is 4.93. The van der Waals surface area contributed by atoms with E-state index in [4.69, 9.17) is 14.9 Å². The zero-order valence-electron chi connectivity index (χ0n) is 14.8. The van der Waals surface area contributed by atoms with Crippen LogP contribution in [-0.2, 0) is 6.61 Å². The number of aliphatic hydroxyl groups is 1. The summed E-state index contributed by atoms with van der Waals surface area (Å²) in [6.45, 7) is 1.99. The second-order valence-corrected chi connectivity index (χ2v) is 6.09. The summed E-state index contributed by atoms with van der Waals surface area (Å²) >= 11 is 0. The Kier molecular flexibility index (Phi) is 5.85. The lowest BCUT2D eigenvalue weighted by atomic mass is 10.2. The number of carbonyl (C=O) groups is 1. The largest absolute Gasteiger partial charge is 0.489 e. The van der Waals surface area contributed by atoms with Gasteiger partial charge in [0.15, 0.2) is 5.69 Å². The fraction of sp³-hybridized carbons (Fsp3) is 0.200. The number of aromatic nitrogens is 1. The molecule has 0 spiro atoms. The third-order valence-corrected chi connectivity index (χ3v) is 3.92. The highest BCUT2D eigenvalue weighted by Crippen LogP contribution is 2.19. The molecule has 0 saturated heterocycles. The van der Waals surface area contributed by atoms with E-state index in [0.717, 1.165) is 5.56 Å². The Morgan fingerprint density at radius 2 is 1.93 bits per heavy atom. The van der Waals surface area contributed by atoms with Gasteiger partial charge in [-0.15, -0.1) is 0 Å². The molecule has 7 nitrogen and oxygen atoms in total. The van der Waals surface area contributed by atoms with E-state index in [1.54, 1.807) is 24.3 Å². The van der Waals surface area contributed by atoms with Crippen LogP contribution in [0.5, 0.6) is 5.75 Å². The molecule has 0 aliphatic carbocycles. The Bertz CT molecular complexity index is 876. The summed E-state index contributed by atoms with van der Waals surface area (Å²) in [6.07, 6.45) is 0.382. The molecule has 0 aliphatic rings. The van der Waals surface area contributed by atoms with Crippen molar-refractivity contribution in [1.82, 2.24) is 4.98 Å². The first-order chi connectivity index (χ1) is 13.0. The Morgan fingerprint density at radius 1 is 1.22 bits per heavy atom. The highest BCUT2D eigenvalue weighted by atomic mass is 16.5. The van der Waals surface area contributed by atoms with Gasteiger partial charge in [-0.1, -0.05) is 30.3 Å². The highest BCUT2D eigenvalue weighted by molar-refractivity contribution is 6.02. The number of amides is 1. The Hall–Kier alpha value is -3.16. The van der Waals surface area contributed by atoms with Gasteiger partial charge >= 0.3 is 0 Å². The van der Waals surface area contributed by atoms with Gasteiger partial charge in [0.2, 0.25) is 5.89 Å². The number of benzene rings is 2. The minimum Gasteiger partial charge on any atom is -0.489 e. The summed E-state index contributed by atoms with van der Waals surface area (Å²) in [4.78, 5) is 16.3. The van der Waals surface area contributed by atoms with Crippen LogP contribution >= 0.6 is 0 Å². The molecule has 7 heteroatoms.